The molecule has 0 saturated carbocycles. The quantitative estimate of drug-likeness (QED) is 0.598. The Morgan fingerprint density at radius 2 is 2.60 bits per heavy atom. The molecule has 0 aromatic carbocycles. The van der Waals surface area contributed by atoms with Crippen molar-refractivity contribution in [3.05, 3.63) is 12.3 Å². The number of H-pyrrole nitrogens is 1. The molecular weight excluding hydrogens is 128 g/mol. The lowest BCUT2D eigenvalue weighted by atomic mass is 10.5. The molecule has 2 rings (SSSR count). The largest absolute Gasteiger partial charge is 0.284 e. The Morgan fingerprint density at radius 1 is 1.60 bits per heavy atom. The first kappa shape index (κ1) is 5.73. The molecule has 1 aliphatic heterocycles. The summed E-state index contributed by atoms with van der Waals surface area (Å²) in [4.78, 5) is 0. The van der Waals surface area contributed by atoms with E-state index >= 15 is 0 Å². The predicted molar refractivity (Wildman–Crippen MR) is 37.6 cm³/mol. The molecular formula is C6H9N4. The molecule has 1 aromatic heterocycles. The second-order valence-corrected chi connectivity index (χ2v) is 2.27. The molecule has 1 fully saturated rings. The van der Waals surface area contributed by atoms with E-state index in [2.05, 4.69) is 15.6 Å². The fourth-order valence-corrected chi connectivity index (χ4v) is 1.07. The van der Waals surface area contributed by atoms with Crippen molar-refractivity contribution in [1.29, 1.82) is 0 Å². The molecule has 0 bridgehead atoms. The highest BCUT2D eigenvalue weighted by atomic mass is 15.6. The van der Waals surface area contributed by atoms with E-state index in [4.69, 9.17) is 0 Å². The minimum atomic E-state index is 0.928. The van der Waals surface area contributed by atoms with Crippen LogP contribution in [0.4, 0.5) is 5.82 Å². The second-order valence-electron chi connectivity index (χ2n) is 2.27. The van der Waals surface area contributed by atoms with Gasteiger partial charge in [-0.2, -0.15) is 5.10 Å². The van der Waals surface area contributed by atoms with Crippen molar-refractivity contribution >= 4 is 5.82 Å². The van der Waals surface area contributed by atoms with Crippen molar-refractivity contribution in [2.45, 2.75) is 6.42 Å². The van der Waals surface area contributed by atoms with E-state index in [1.54, 1.807) is 0 Å². The average Bonchev–Trinajstić information content (AvgIpc) is 2.59. The van der Waals surface area contributed by atoms with Gasteiger partial charge in [-0.25, -0.2) is 0 Å². The first-order chi connectivity index (χ1) is 4.97. The third-order valence-corrected chi connectivity index (χ3v) is 1.55. The Labute approximate surface area is 59.2 Å². The Morgan fingerprint density at radius 3 is 3.20 bits per heavy atom. The number of rotatable bonds is 1. The molecule has 1 aliphatic rings. The number of nitrogens with zero attached hydrogens (tertiary/aromatic N) is 3. The van der Waals surface area contributed by atoms with Crippen molar-refractivity contribution in [3.63, 3.8) is 0 Å². The first-order valence-electron chi connectivity index (χ1n) is 3.41. The molecule has 10 heavy (non-hydrogen) atoms. The van der Waals surface area contributed by atoms with Gasteiger partial charge in [-0.15, -0.1) is 5.43 Å². The lowest BCUT2D eigenvalue weighted by Gasteiger charge is -2.10. The molecule has 0 amide bonds. The molecule has 0 unspecified atom stereocenters. The van der Waals surface area contributed by atoms with E-state index in [1.807, 2.05) is 17.3 Å². The Bertz CT molecular complexity index is 188. The van der Waals surface area contributed by atoms with E-state index in [9.17, 15) is 0 Å². The predicted octanol–water partition coefficient (Wildman–Crippen LogP) is 0.139. The summed E-state index contributed by atoms with van der Waals surface area (Å²) in [6.45, 7) is 1.94. The van der Waals surface area contributed by atoms with E-state index in [0.717, 1.165) is 25.3 Å². The Balaban J connectivity index is 2.12. The molecule has 4 heteroatoms. The van der Waals surface area contributed by atoms with Crippen molar-refractivity contribution in [2.75, 3.05) is 18.1 Å². The molecule has 1 saturated heterocycles. The zero-order valence-corrected chi connectivity index (χ0v) is 5.62. The minimum Gasteiger partial charge on any atom is -0.284 e. The number of hydrogen-bond donors (Lipinski definition) is 1. The SMILES string of the molecule is c1cc(N2CCC[N]2)n[nH]1. The second kappa shape index (κ2) is 2.30. The maximum Gasteiger partial charge on any atom is 0.165 e. The molecule has 1 radical (unpaired) electrons. The normalized spacial score (nSPS) is 18.2. The standard InChI is InChI=1S/C6H9N4/c1-3-8-10(5-1)6-2-4-7-9-6/h2,4H,1,3,5H2,(H,7,9). The van der Waals surface area contributed by atoms with Gasteiger partial charge in [-0.1, -0.05) is 0 Å². The van der Waals surface area contributed by atoms with Crippen LogP contribution in [0, 0.1) is 0 Å². The van der Waals surface area contributed by atoms with Crippen LogP contribution in [0.15, 0.2) is 12.3 Å². The first-order valence-corrected chi connectivity index (χ1v) is 3.41. The summed E-state index contributed by atoms with van der Waals surface area (Å²) < 4.78 is 0. The zero-order chi connectivity index (χ0) is 6.81. The van der Waals surface area contributed by atoms with E-state index in [0.29, 0.717) is 0 Å². The van der Waals surface area contributed by atoms with E-state index < -0.39 is 0 Å². The number of hydrogen-bond acceptors (Lipinski definition) is 2. The lowest BCUT2D eigenvalue weighted by molar-refractivity contribution is 0.754. The van der Waals surface area contributed by atoms with Gasteiger partial charge < -0.3 is 0 Å². The van der Waals surface area contributed by atoms with Crippen molar-refractivity contribution in [3.8, 4) is 0 Å². The Kier molecular flexibility index (Phi) is 1.32. The Hall–Kier alpha value is -1.03. The van der Waals surface area contributed by atoms with Crippen LogP contribution in [0.25, 0.3) is 0 Å². The molecule has 1 aromatic rings. The number of aromatic nitrogens is 2. The molecule has 0 atom stereocenters. The van der Waals surface area contributed by atoms with Crippen LogP contribution in [-0.2, 0) is 0 Å². The molecule has 4 nitrogen and oxygen atoms in total. The monoisotopic (exact) mass is 137 g/mol. The van der Waals surface area contributed by atoms with Crippen LogP contribution < -0.4 is 10.4 Å². The van der Waals surface area contributed by atoms with Gasteiger partial charge in [-0.3, -0.25) is 10.1 Å². The lowest BCUT2D eigenvalue weighted by Crippen LogP contribution is -2.24. The topological polar surface area (TPSA) is 46.0 Å². The fraction of sp³-hybridized carbons (Fsp3) is 0.500. The van der Waals surface area contributed by atoms with Gasteiger partial charge in [0, 0.05) is 25.4 Å². The van der Waals surface area contributed by atoms with Gasteiger partial charge in [0.05, 0.1) is 0 Å². The number of anilines is 1. The maximum absolute atomic E-state index is 4.23. The smallest absolute Gasteiger partial charge is 0.165 e. The van der Waals surface area contributed by atoms with E-state index in [-0.39, 0.29) is 0 Å². The summed E-state index contributed by atoms with van der Waals surface area (Å²) in [5, 5.41) is 8.69. The van der Waals surface area contributed by atoms with Crippen LogP contribution >= 0.6 is 0 Å². The van der Waals surface area contributed by atoms with Crippen molar-refractivity contribution < 1.29 is 0 Å². The van der Waals surface area contributed by atoms with E-state index in [1.165, 1.54) is 0 Å². The van der Waals surface area contributed by atoms with Crippen molar-refractivity contribution in [2.24, 2.45) is 0 Å². The van der Waals surface area contributed by atoms with Crippen LogP contribution in [0.1, 0.15) is 6.42 Å². The highest BCUT2D eigenvalue weighted by Crippen LogP contribution is 2.10. The van der Waals surface area contributed by atoms with Gasteiger partial charge in [0.2, 0.25) is 0 Å². The van der Waals surface area contributed by atoms with Crippen LogP contribution in [0.2, 0.25) is 0 Å². The van der Waals surface area contributed by atoms with Crippen LogP contribution in [0.5, 0.6) is 0 Å². The van der Waals surface area contributed by atoms with Gasteiger partial charge in [0.25, 0.3) is 0 Å². The maximum atomic E-state index is 4.23. The number of nitrogens with one attached hydrogen (secondary N) is 1. The highest BCUT2D eigenvalue weighted by molar-refractivity contribution is 5.35. The molecule has 0 aliphatic carbocycles. The van der Waals surface area contributed by atoms with Gasteiger partial charge in [0.15, 0.2) is 5.82 Å². The van der Waals surface area contributed by atoms with Gasteiger partial charge >= 0.3 is 0 Å². The summed E-state index contributed by atoms with van der Waals surface area (Å²) in [6, 6.07) is 1.93. The molecule has 1 N–H and O–H groups in total. The van der Waals surface area contributed by atoms with Crippen LogP contribution in [-0.4, -0.2) is 23.3 Å². The van der Waals surface area contributed by atoms with Crippen LogP contribution in [0.3, 0.4) is 0 Å². The molecule has 53 valence electrons. The number of aromatic amines is 1. The third kappa shape index (κ3) is 0.863. The third-order valence-electron chi connectivity index (χ3n) is 1.55. The summed E-state index contributed by atoms with van der Waals surface area (Å²) in [6.07, 6.45) is 2.95. The van der Waals surface area contributed by atoms with Gasteiger partial charge in [-0.05, 0) is 6.42 Å². The van der Waals surface area contributed by atoms with Gasteiger partial charge in [0.1, 0.15) is 0 Å². The molecule has 2 heterocycles. The molecule has 0 spiro atoms. The summed E-state index contributed by atoms with van der Waals surface area (Å²) >= 11 is 0. The summed E-state index contributed by atoms with van der Waals surface area (Å²) in [5.41, 5.74) is 4.23. The average molecular weight is 137 g/mol. The van der Waals surface area contributed by atoms with Crippen molar-refractivity contribution in [1.82, 2.24) is 15.6 Å². The summed E-state index contributed by atoms with van der Waals surface area (Å²) in [7, 11) is 0. The summed E-state index contributed by atoms with van der Waals surface area (Å²) in [5.74, 6) is 0.928. The fourth-order valence-electron chi connectivity index (χ4n) is 1.07. The zero-order valence-electron chi connectivity index (χ0n) is 5.62. The minimum absolute atomic E-state index is 0.928. The highest BCUT2D eigenvalue weighted by Gasteiger charge is 2.13.